The zero-order valence-corrected chi connectivity index (χ0v) is 11.5. The number of amides is 1. The molecule has 3 nitrogen and oxygen atoms in total. The van der Waals surface area contributed by atoms with Crippen LogP contribution in [0.3, 0.4) is 0 Å². The zero-order chi connectivity index (χ0) is 11.5. The van der Waals surface area contributed by atoms with E-state index in [1.807, 2.05) is 0 Å². The van der Waals surface area contributed by atoms with Gasteiger partial charge in [-0.3, -0.25) is 4.79 Å². The maximum Gasteiger partial charge on any atom is 0.251 e. The van der Waals surface area contributed by atoms with Crippen LogP contribution in [-0.4, -0.2) is 25.5 Å². The van der Waals surface area contributed by atoms with E-state index in [1.54, 1.807) is 18.2 Å². The van der Waals surface area contributed by atoms with Gasteiger partial charge in [-0.1, -0.05) is 11.6 Å². The summed E-state index contributed by atoms with van der Waals surface area (Å²) in [7, 11) is 0. The highest BCUT2D eigenvalue weighted by atomic mass is 127. The first kappa shape index (κ1) is 12.1. The van der Waals surface area contributed by atoms with Gasteiger partial charge in [0.25, 0.3) is 5.91 Å². The van der Waals surface area contributed by atoms with Crippen molar-refractivity contribution >= 4 is 40.1 Å². The van der Waals surface area contributed by atoms with Gasteiger partial charge in [0.1, 0.15) is 0 Å². The van der Waals surface area contributed by atoms with Crippen molar-refractivity contribution < 1.29 is 4.79 Å². The summed E-state index contributed by atoms with van der Waals surface area (Å²) in [6.07, 6.45) is 0. The topological polar surface area (TPSA) is 41.1 Å². The largest absolute Gasteiger partial charge is 0.352 e. The zero-order valence-electron chi connectivity index (χ0n) is 8.59. The third-order valence-electron chi connectivity index (χ3n) is 2.60. The van der Waals surface area contributed by atoms with Crippen molar-refractivity contribution in [3.63, 3.8) is 0 Å². The number of benzene rings is 1. The van der Waals surface area contributed by atoms with Crippen molar-refractivity contribution in [1.82, 2.24) is 10.6 Å². The van der Waals surface area contributed by atoms with Crippen LogP contribution in [0.5, 0.6) is 0 Å². The van der Waals surface area contributed by atoms with Gasteiger partial charge in [-0.2, -0.15) is 0 Å². The average molecular weight is 351 g/mol. The van der Waals surface area contributed by atoms with Crippen molar-refractivity contribution in [2.45, 2.75) is 0 Å². The third kappa shape index (κ3) is 2.87. The van der Waals surface area contributed by atoms with Crippen LogP contribution in [0.15, 0.2) is 18.2 Å². The highest BCUT2D eigenvalue weighted by molar-refractivity contribution is 14.1. The number of rotatable bonds is 3. The minimum absolute atomic E-state index is 0.0264. The monoisotopic (exact) mass is 350 g/mol. The fourth-order valence-corrected chi connectivity index (χ4v) is 2.10. The molecule has 1 saturated heterocycles. The lowest BCUT2D eigenvalue weighted by Crippen LogP contribution is -2.48. The van der Waals surface area contributed by atoms with E-state index in [9.17, 15) is 4.79 Å². The second-order valence-electron chi connectivity index (χ2n) is 3.86. The summed E-state index contributed by atoms with van der Waals surface area (Å²) in [4.78, 5) is 11.8. The van der Waals surface area contributed by atoms with Crippen molar-refractivity contribution in [2.24, 2.45) is 5.92 Å². The van der Waals surface area contributed by atoms with E-state index in [0.29, 0.717) is 16.5 Å². The molecule has 0 aliphatic carbocycles. The Morgan fingerprint density at radius 3 is 2.88 bits per heavy atom. The fourth-order valence-electron chi connectivity index (χ4n) is 1.47. The molecule has 16 heavy (non-hydrogen) atoms. The Morgan fingerprint density at radius 2 is 2.31 bits per heavy atom. The summed E-state index contributed by atoms with van der Waals surface area (Å²) < 4.78 is 0.900. The molecule has 0 saturated carbocycles. The summed E-state index contributed by atoms with van der Waals surface area (Å²) in [5, 5.41) is 6.77. The molecule has 5 heteroatoms. The van der Waals surface area contributed by atoms with Crippen LogP contribution in [0.1, 0.15) is 10.4 Å². The first-order valence-corrected chi connectivity index (χ1v) is 6.56. The molecule has 0 radical (unpaired) electrons. The molecule has 2 rings (SSSR count). The normalized spacial score (nSPS) is 15.6. The highest BCUT2D eigenvalue weighted by Gasteiger charge is 2.17. The maximum absolute atomic E-state index is 11.8. The van der Waals surface area contributed by atoms with E-state index in [4.69, 9.17) is 11.6 Å². The van der Waals surface area contributed by atoms with Crippen molar-refractivity contribution in [3.8, 4) is 0 Å². The molecular weight excluding hydrogens is 338 g/mol. The number of carbonyl (C=O) groups excluding carboxylic acids is 1. The molecule has 0 unspecified atom stereocenters. The summed E-state index contributed by atoms with van der Waals surface area (Å²) >= 11 is 8.02. The van der Waals surface area contributed by atoms with Crippen molar-refractivity contribution in [2.75, 3.05) is 19.6 Å². The van der Waals surface area contributed by atoms with Gasteiger partial charge in [-0.15, -0.1) is 0 Å². The molecule has 1 aliphatic rings. The Bertz CT molecular complexity index is 407. The molecule has 1 aromatic carbocycles. The van der Waals surface area contributed by atoms with E-state index < -0.39 is 0 Å². The van der Waals surface area contributed by atoms with Gasteiger partial charge in [0.05, 0.1) is 5.02 Å². The second-order valence-corrected chi connectivity index (χ2v) is 5.43. The Morgan fingerprint density at radius 1 is 1.56 bits per heavy atom. The molecule has 1 fully saturated rings. The first-order valence-electron chi connectivity index (χ1n) is 5.11. The summed E-state index contributed by atoms with van der Waals surface area (Å²) in [6.45, 7) is 2.74. The van der Waals surface area contributed by atoms with Crippen LogP contribution >= 0.6 is 34.2 Å². The van der Waals surface area contributed by atoms with Gasteiger partial charge in [0.2, 0.25) is 0 Å². The van der Waals surface area contributed by atoms with Gasteiger partial charge < -0.3 is 10.6 Å². The van der Waals surface area contributed by atoms with Crippen LogP contribution in [0, 0.1) is 9.49 Å². The Hall–Kier alpha value is -0.330. The predicted molar refractivity (Wildman–Crippen MR) is 72.9 cm³/mol. The summed E-state index contributed by atoms with van der Waals surface area (Å²) in [6, 6.07) is 5.30. The van der Waals surface area contributed by atoms with Crippen LogP contribution in [0.25, 0.3) is 0 Å². The first-order chi connectivity index (χ1) is 7.66. The summed E-state index contributed by atoms with van der Waals surface area (Å²) in [5.74, 6) is 0.553. The van der Waals surface area contributed by atoms with Gasteiger partial charge in [0.15, 0.2) is 0 Å². The molecule has 1 heterocycles. The molecule has 2 N–H and O–H groups in total. The molecule has 0 spiro atoms. The molecule has 1 aromatic rings. The molecule has 0 atom stereocenters. The van der Waals surface area contributed by atoms with Gasteiger partial charge >= 0.3 is 0 Å². The van der Waals surface area contributed by atoms with E-state index in [-0.39, 0.29) is 5.91 Å². The smallest absolute Gasteiger partial charge is 0.251 e. The van der Waals surface area contributed by atoms with Crippen LogP contribution < -0.4 is 10.6 Å². The number of carbonyl (C=O) groups is 1. The van der Waals surface area contributed by atoms with Gasteiger partial charge in [0, 0.05) is 34.7 Å². The lowest BCUT2D eigenvalue weighted by Gasteiger charge is -2.27. The van der Waals surface area contributed by atoms with Crippen molar-refractivity contribution in [1.29, 1.82) is 0 Å². The van der Waals surface area contributed by atoms with Crippen LogP contribution in [0.4, 0.5) is 0 Å². The van der Waals surface area contributed by atoms with Crippen LogP contribution in [-0.2, 0) is 0 Å². The Kier molecular flexibility index (Phi) is 4.05. The third-order valence-corrected chi connectivity index (χ3v) is 4.14. The molecule has 1 aliphatic heterocycles. The number of nitrogens with one attached hydrogen (secondary N) is 2. The molecule has 1 amide bonds. The van der Waals surface area contributed by atoms with Gasteiger partial charge in [-0.25, -0.2) is 0 Å². The summed E-state index contributed by atoms with van der Waals surface area (Å²) in [5.41, 5.74) is 0.668. The lowest BCUT2D eigenvalue weighted by atomic mass is 10.0. The number of hydrogen-bond donors (Lipinski definition) is 2. The average Bonchev–Trinajstić information content (AvgIpc) is 2.19. The molecular formula is C11H12ClIN2O. The van der Waals surface area contributed by atoms with E-state index >= 15 is 0 Å². The fraction of sp³-hybridized carbons (Fsp3) is 0.364. The molecule has 0 bridgehead atoms. The Balaban J connectivity index is 1.94. The number of halogens is 2. The standard InChI is InChI=1S/C11H12ClIN2O/c12-9-2-1-8(3-10(9)13)11(16)15-6-7-4-14-5-7/h1-3,7,14H,4-6H2,(H,15,16). The minimum atomic E-state index is -0.0264. The SMILES string of the molecule is O=C(NCC1CNC1)c1ccc(Cl)c(I)c1. The second kappa shape index (κ2) is 5.33. The van der Waals surface area contributed by atoms with E-state index in [2.05, 4.69) is 33.2 Å². The lowest BCUT2D eigenvalue weighted by molar-refractivity contribution is 0.0942. The maximum atomic E-state index is 11.8. The predicted octanol–water partition coefficient (Wildman–Crippen LogP) is 1.89. The Labute approximate surface area is 113 Å². The number of hydrogen-bond acceptors (Lipinski definition) is 2. The van der Waals surface area contributed by atoms with Crippen LogP contribution in [0.2, 0.25) is 5.02 Å². The van der Waals surface area contributed by atoms with Crippen molar-refractivity contribution in [3.05, 3.63) is 32.4 Å². The van der Waals surface area contributed by atoms with E-state index in [0.717, 1.165) is 23.2 Å². The van der Waals surface area contributed by atoms with E-state index in [1.165, 1.54) is 0 Å². The molecule has 86 valence electrons. The quantitative estimate of drug-likeness (QED) is 0.818. The minimum Gasteiger partial charge on any atom is -0.352 e. The highest BCUT2D eigenvalue weighted by Crippen LogP contribution is 2.19. The van der Waals surface area contributed by atoms with Gasteiger partial charge in [-0.05, 0) is 40.8 Å². The molecule has 0 aromatic heterocycles.